The van der Waals surface area contributed by atoms with Crippen LogP contribution < -0.4 is 0 Å². The topological polar surface area (TPSA) is 43.6 Å². The van der Waals surface area contributed by atoms with Gasteiger partial charge in [-0.25, -0.2) is 9.97 Å². The van der Waals surface area contributed by atoms with Gasteiger partial charge in [0.25, 0.3) is 0 Å². The molecule has 4 atom stereocenters. The molecule has 106 valence electrons. The molecule has 0 aromatic carbocycles. The molecule has 0 unspecified atom stereocenters. The first-order valence-electron chi connectivity index (χ1n) is 7.12. The van der Waals surface area contributed by atoms with Crippen LogP contribution in [0.25, 0.3) is 11.2 Å². The van der Waals surface area contributed by atoms with Crippen molar-refractivity contribution in [1.82, 2.24) is 19.5 Å². The fourth-order valence-electron chi connectivity index (χ4n) is 4.36. The highest BCUT2D eigenvalue weighted by Crippen LogP contribution is 2.72. The van der Waals surface area contributed by atoms with Gasteiger partial charge in [0.2, 0.25) is 5.28 Å². The van der Waals surface area contributed by atoms with Crippen LogP contribution in [0.3, 0.4) is 0 Å². The average Bonchev–Trinajstić information content (AvgIpc) is 2.91. The molecule has 0 spiro atoms. The van der Waals surface area contributed by atoms with Crippen molar-refractivity contribution in [3.05, 3.63) is 16.8 Å². The van der Waals surface area contributed by atoms with E-state index in [1.54, 1.807) is 0 Å². The molecule has 6 heteroatoms. The lowest BCUT2D eigenvalue weighted by Gasteiger charge is -2.17. The third-order valence-electron chi connectivity index (χ3n) is 5.59. The molecule has 20 heavy (non-hydrogen) atoms. The zero-order chi connectivity index (χ0) is 14.1. The highest BCUT2D eigenvalue weighted by atomic mass is 35.5. The lowest BCUT2D eigenvalue weighted by atomic mass is 9.90. The van der Waals surface area contributed by atoms with Crippen LogP contribution in [0, 0.1) is 17.3 Å². The minimum absolute atomic E-state index is 0.188. The molecule has 2 fully saturated rings. The third-order valence-corrected chi connectivity index (χ3v) is 6.02. The van der Waals surface area contributed by atoms with Crippen molar-refractivity contribution in [3.63, 3.8) is 0 Å². The van der Waals surface area contributed by atoms with Crippen molar-refractivity contribution >= 4 is 34.4 Å². The molecule has 0 amide bonds. The lowest BCUT2D eigenvalue weighted by Crippen LogP contribution is -2.09. The summed E-state index contributed by atoms with van der Waals surface area (Å²) in [5.74, 6) is 1.50. The molecule has 4 rings (SSSR count). The smallest absolute Gasteiger partial charge is 0.225 e. The summed E-state index contributed by atoms with van der Waals surface area (Å²) in [6.45, 7) is 4.68. The van der Waals surface area contributed by atoms with Crippen LogP contribution in [0.1, 0.15) is 39.2 Å². The van der Waals surface area contributed by atoms with Crippen LogP contribution in [0.2, 0.25) is 10.4 Å². The monoisotopic (exact) mass is 310 g/mol. The molecule has 0 bridgehead atoms. The highest BCUT2D eigenvalue weighted by Gasteiger charge is 2.64. The van der Waals surface area contributed by atoms with E-state index in [-0.39, 0.29) is 5.28 Å². The number of halogens is 2. The van der Waals surface area contributed by atoms with Crippen molar-refractivity contribution in [3.8, 4) is 0 Å². The van der Waals surface area contributed by atoms with E-state index in [9.17, 15) is 0 Å². The molecule has 2 aromatic rings. The summed E-state index contributed by atoms with van der Waals surface area (Å²) >= 11 is 12.0. The molecule has 2 heterocycles. The number of rotatable bonds is 2. The molecule has 2 aromatic heterocycles. The van der Waals surface area contributed by atoms with Crippen LogP contribution in [0.4, 0.5) is 0 Å². The van der Waals surface area contributed by atoms with Gasteiger partial charge in [-0.15, -0.1) is 0 Å². The van der Waals surface area contributed by atoms with Gasteiger partial charge in [0.05, 0.1) is 6.33 Å². The van der Waals surface area contributed by atoms with E-state index in [1.165, 1.54) is 19.3 Å². The summed E-state index contributed by atoms with van der Waals surface area (Å²) in [6, 6.07) is 0.469. The van der Waals surface area contributed by atoms with Crippen molar-refractivity contribution < 1.29 is 0 Å². The van der Waals surface area contributed by atoms with E-state index in [0.717, 1.165) is 17.5 Å². The average molecular weight is 311 g/mol. The second kappa shape index (κ2) is 4.08. The predicted molar refractivity (Wildman–Crippen MR) is 79.0 cm³/mol. The van der Waals surface area contributed by atoms with Gasteiger partial charge in [0, 0.05) is 6.04 Å². The van der Waals surface area contributed by atoms with Gasteiger partial charge >= 0.3 is 0 Å². The van der Waals surface area contributed by atoms with Gasteiger partial charge in [0.15, 0.2) is 10.8 Å². The van der Waals surface area contributed by atoms with E-state index in [0.29, 0.717) is 22.1 Å². The third kappa shape index (κ3) is 1.52. The van der Waals surface area contributed by atoms with Crippen LogP contribution >= 0.6 is 23.2 Å². The maximum absolute atomic E-state index is 6.10. The van der Waals surface area contributed by atoms with Crippen molar-refractivity contribution in [1.29, 1.82) is 0 Å². The normalized spacial score (nSPS) is 35.5. The Balaban J connectivity index is 1.81. The first kappa shape index (κ1) is 12.8. The second-order valence-electron chi connectivity index (χ2n) is 6.21. The maximum atomic E-state index is 6.10. The molecule has 4 nitrogen and oxygen atoms in total. The van der Waals surface area contributed by atoms with Crippen LogP contribution in [-0.2, 0) is 0 Å². The second-order valence-corrected chi connectivity index (χ2v) is 6.91. The van der Waals surface area contributed by atoms with Crippen molar-refractivity contribution in [2.24, 2.45) is 17.3 Å². The van der Waals surface area contributed by atoms with E-state index >= 15 is 0 Å². The van der Waals surface area contributed by atoms with Gasteiger partial charge in [-0.1, -0.05) is 25.4 Å². The maximum Gasteiger partial charge on any atom is 0.225 e. The SMILES string of the molecule is CC[C@@]12C[C@@H]1[C@@H](n1cnc3c(Cl)nc(Cl)nc31)C[C@@H]2C. The first-order chi connectivity index (χ1) is 9.56. The van der Waals surface area contributed by atoms with E-state index in [1.807, 2.05) is 6.33 Å². The van der Waals surface area contributed by atoms with Gasteiger partial charge in [-0.3, -0.25) is 0 Å². The fourth-order valence-corrected chi connectivity index (χ4v) is 4.78. The predicted octanol–water partition coefficient (Wildman–Crippen LogP) is 4.13. The van der Waals surface area contributed by atoms with E-state index < -0.39 is 0 Å². The first-order valence-corrected chi connectivity index (χ1v) is 7.88. The molecule has 0 radical (unpaired) electrons. The summed E-state index contributed by atoms with van der Waals surface area (Å²) in [5.41, 5.74) is 1.96. The minimum atomic E-state index is 0.188. The number of aromatic nitrogens is 4. The molecule has 2 aliphatic rings. The largest absolute Gasteiger partial charge is 0.312 e. The zero-order valence-corrected chi connectivity index (χ0v) is 13.0. The number of fused-ring (bicyclic) bond motifs is 2. The molecule has 0 saturated heterocycles. The summed E-state index contributed by atoms with van der Waals surface area (Å²) < 4.78 is 2.17. The van der Waals surface area contributed by atoms with Gasteiger partial charge in [0.1, 0.15) is 5.52 Å². The Morgan fingerprint density at radius 2 is 2.20 bits per heavy atom. The summed E-state index contributed by atoms with van der Waals surface area (Å²) in [6.07, 6.45) is 5.62. The van der Waals surface area contributed by atoms with E-state index in [4.69, 9.17) is 23.2 Å². The highest BCUT2D eigenvalue weighted by molar-refractivity contribution is 6.35. The van der Waals surface area contributed by atoms with Crippen molar-refractivity contribution in [2.45, 2.75) is 39.2 Å². The van der Waals surface area contributed by atoms with Crippen LogP contribution in [0.15, 0.2) is 6.33 Å². The Morgan fingerprint density at radius 3 is 2.85 bits per heavy atom. The quantitative estimate of drug-likeness (QED) is 0.618. The van der Waals surface area contributed by atoms with Crippen LogP contribution in [0.5, 0.6) is 0 Å². The molecule has 2 aliphatic carbocycles. The summed E-state index contributed by atoms with van der Waals surface area (Å²) in [4.78, 5) is 12.7. The standard InChI is InChI=1S/C14H16Cl2N4/c1-3-14-5-8(14)9(4-7(14)2)20-6-17-10-11(15)18-13(16)19-12(10)20/h6-9H,3-5H2,1-2H3/t7-,8+,9-,14-/m0/s1. The zero-order valence-electron chi connectivity index (χ0n) is 11.5. The number of hydrogen-bond donors (Lipinski definition) is 0. The molecule has 2 saturated carbocycles. The van der Waals surface area contributed by atoms with E-state index in [2.05, 4.69) is 33.4 Å². The van der Waals surface area contributed by atoms with Gasteiger partial charge < -0.3 is 4.57 Å². The van der Waals surface area contributed by atoms with Crippen LogP contribution in [-0.4, -0.2) is 19.5 Å². The Bertz CT molecular complexity index is 698. The molecule has 0 aliphatic heterocycles. The Labute approximate surface area is 127 Å². The molecule has 0 N–H and O–H groups in total. The number of imidazole rings is 1. The Hall–Kier alpha value is -0.870. The minimum Gasteiger partial charge on any atom is -0.312 e. The van der Waals surface area contributed by atoms with Crippen molar-refractivity contribution in [2.75, 3.05) is 0 Å². The summed E-state index contributed by atoms with van der Waals surface area (Å²) in [5, 5.41) is 0.523. The van der Waals surface area contributed by atoms with Gasteiger partial charge in [-0.05, 0) is 48.1 Å². The molecular formula is C14H16Cl2N4. The lowest BCUT2D eigenvalue weighted by molar-refractivity contribution is 0.339. The summed E-state index contributed by atoms with van der Waals surface area (Å²) in [7, 11) is 0. The van der Waals surface area contributed by atoms with Gasteiger partial charge in [-0.2, -0.15) is 4.98 Å². The molecular weight excluding hydrogens is 295 g/mol. The number of nitrogens with zero attached hydrogens (tertiary/aromatic N) is 4. The fraction of sp³-hybridized carbons (Fsp3) is 0.643. The Morgan fingerprint density at radius 1 is 1.40 bits per heavy atom. The number of hydrogen-bond acceptors (Lipinski definition) is 3. The Kier molecular flexibility index (Phi) is 2.62.